The van der Waals surface area contributed by atoms with Gasteiger partial charge in [0.25, 0.3) is 0 Å². The van der Waals surface area contributed by atoms with E-state index in [1.807, 2.05) is 34.6 Å². The van der Waals surface area contributed by atoms with Crippen LogP contribution in [0.3, 0.4) is 0 Å². The summed E-state index contributed by atoms with van der Waals surface area (Å²) in [6.45, 7) is 14.6. The van der Waals surface area contributed by atoms with Gasteiger partial charge in [-0.2, -0.15) is 4.39 Å². The number of ether oxygens (including phenoxy) is 1. The van der Waals surface area contributed by atoms with Crippen LogP contribution in [0.15, 0.2) is 42.6 Å². The Hall–Kier alpha value is -4.29. The number of hydrogen-bond acceptors (Lipinski definition) is 8. The second kappa shape index (κ2) is 17.6. The highest BCUT2D eigenvalue weighted by atomic mass is 19.1. The lowest BCUT2D eigenvalue weighted by atomic mass is 10.0. The smallest absolute Gasteiger partial charge is 0.220 e. The predicted molar refractivity (Wildman–Crippen MR) is 175 cm³/mol. The minimum Gasteiger partial charge on any atom is -0.494 e. The third-order valence-electron chi connectivity index (χ3n) is 5.98. The summed E-state index contributed by atoms with van der Waals surface area (Å²) in [5, 5.41) is 24.3. The van der Waals surface area contributed by atoms with Crippen LogP contribution in [0.4, 0.5) is 27.4 Å². The fourth-order valence-corrected chi connectivity index (χ4v) is 3.78. The molecule has 0 spiro atoms. The molecule has 9 heteroatoms. The van der Waals surface area contributed by atoms with Crippen molar-refractivity contribution in [2.45, 2.75) is 80.3 Å². The van der Waals surface area contributed by atoms with Crippen LogP contribution in [0.2, 0.25) is 0 Å². The van der Waals surface area contributed by atoms with Gasteiger partial charge in [0.15, 0.2) is 11.5 Å². The van der Waals surface area contributed by atoms with Crippen LogP contribution < -0.4 is 15.4 Å². The van der Waals surface area contributed by atoms with Crippen molar-refractivity contribution in [2.24, 2.45) is 5.92 Å². The molecule has 0 unspecified atom stereocenters. The van der Waals surface area contributed by atoms with Crippen molar-refractivity contribution in [2.75, 3.05) is 17.7 Å². The number of pyridine rings is 2. The number of aliphatic hydroxyl groups is 1. The standard InChI is InChI=1S/C26H28FN5O3.C4H6.2C2H6/c1-14(28)16-6-5-7-19(24(16)35-4)30-20-12-22(29-13-17(20)23(33)15-8-9-15)31-21-11-10-18(25(27)32-21)26(2,3)34;1-3-4-2;2*1-2/h5-7,10-13,15,28,34H,8-9H2,1-4H3,(H2,29,30,31,32);1H,4H2,2H3;2*1-2H3. The van der Waals surface area contributed by atoms with E-state index in [1.54, 1.807) is 37.3 Å². The summed E-state index contributed by atoms with van der Waals surface area (Å²) in [6, 6.07) is 10.1. The number of Topliss-reactive ketones (excluding diaryl/α,β-unsaturated/α-hetero) is 1. The largest absolute Gasteiger partial charge is 0.494 e. The first-order chi connectivity index (χ1) is 20.5. The third-order valence-corrected chi connectivity index (χ3v) is 5.98. The number of para-hydroxylation sites is 1. The van der Waals surface area contributed by atoms with Crippen molar-refractivity contribution in [3.8, 4) is 18.1 Å². The van der Waals surface area contributed by atoms with Gasteiger partial charge in [0, 0.05) is 41.4 Å². The average Bonchev–Trinajstić information content (AvgIpc) is 3.84. The van der Waals surface area contributed by atoms with E-state index in [-0.39, 0.29) is 23.1 Å². The number of nitrogens with zero attached hydrogens (tertiary/aromatic N) is 2. The molecule has 4 rings (SSSR count). The Balaban J connectivity index is 0.00000105. The lowest BCUT2D eigenvalue weighted by molar-refractivity contribution is 0.0737. The maximum Gasteiger partial charge on any atom is 0.220 e. The van der Waals surface area contributed by atoms with Gasteiger partial charge >= 0.3 is 0 Å². The van der Waals surface area contributed by atoms with Gasteiger partial charge in [0.05, 0.1) is 29.6 Å². The van der Waals surface area contributed by atoms with Gasteiger partial charge in [0.2, 0.25) is 5.95 Å². The molecular weight excluding hydrogens is 545 g/mol. The fraction of sp³-hybridized carbons (Fsp3) is 0.412. The summed E-state index contributed by atoms with van der Waals surface area (Å²) < 4.78 is 20.0. The molecule has 0 radical (unpaired) electrons. The van der Waals surface area contributed by atoms with Gasteiger partial charge in [-0.3, -0.25) is 4.79 Å². The van der Waals surface area contributed by atoms with E-state index in [0.29, 0.717) is 39.8 Å². The molecule has 1 aliphatic carbocycles. The summed E-state index contributed by atoms with van der Waals surface area (Å²) >= 11 is 0. The monoisotopic (exact) mass is 591 g/mol. The van der Waals surface area contributed by atoms with Gasteiger partial charge in [-0.1, -0.05) is 40.7 Å². The van der Waals surface area contributed by atoms with Crippen LogP contribution >= 0.6 is 0 Å². The first-order valence-electron chi connectivity index (χ1n) is 14.6. The number of halogens is 1. The van der Waals surface area contributed by atoms with Crippen LogP contribution in [0.5, 0.6) is 5.75 Å². The summed E-state index contributed by atoms with van der Waals surface area (Å²) in [5.41, 5.74) is 1.23. The summed E-state index contributed by atoms with van der Waals surface area (Å²) in [4.78, 5) is 21.2. The Labute approximate surface area is 256 Å². The molecule has 43 heavy (non-hydrogen) atoms. The number of rotatable bonds is 9. The molecule has 4 N–H and O–H groups in total. The van der Waals surface area contributed by atoms with E-state index in [4.69, 9.17) is 16.6 Å². The third kappa shape index (κ3) is 10.5. The van der Waals surface area contributed by atoms with E-state index in [0.717, 1.165) is 19.3 Å². The number of carbonyl (C=O) groups is 1. The number of benzene rings is 1. The van der Waals surface area contributed by atoms with Gasteiger partial charge in [-0.15, -0.1) is 12.3 Å². The lowest BCUT2D eigenvalue weighted by Crippen LogP contribution is -2.18. The van der Waals surface area contributed by atoms with Crippen molar-refractivity contribution in [3.05, 3.63) is 65.2 Å². The van der Waals surface area contributed by atoms with Crippen molar-refractivity contribution >= 4 is 34.5 Å². The molecule has 0 atom stereocenters. The van der Waals surface area contributed by atoms with Crippen LogP contribution in [0.1, 0.15) is 96.1 Å². The molecule has 0 bridgehead atoms. The molecule has 2 heterocycles. The van der Waals surface area contributed by atoms with Crippen LogP contribution in [-0.4, -0.2) is 33.7 Å². The molecule has 1 saturated carbocycles. The van der Waals surface area contributed by atoms with E-state index < -0.39 is 11.5 Å². The van der Waals surface area contributed by atoms with E-state index >= 15 is 0 Å². The number of nitrogens with one attached hydrogen (secondary N) is 3. The average molecular weight is 592 g/mol. The predicted octanol–water partition coefficient (Wildman–Crippen LogP) is 8.40. The minimum atomic E-state index is -1.36. The van der Waals surface area contributed by atoms with Gasteiger partial charge in [-0.25, -0.2) is 9.97 Å². The normalized spacial score (nSPS) is 11.6. The zero-order valence-electron chi connectivity index (χ0n) is 26.9. The number of ketones is 1. The van der Waals surface area contributed by atoms with Crippen molar-refractivity contribution in [1.29, 1.82) is 5.41 Å². The number of methoxy groups -OCH3 is 1. The van der Waals surface area contributed by atoms with Crippen LogP contribution in [0, 0.1) is 29.6 Å². The second-order valence-corrected chi connectivity index (χ2v) is 9.67. The molecule has 8 nitrogen and oxygen atoms in total. The van der Waals surface area contributed by atoms with Gasteiger partial charge < -0.3 is 25.9 Å². The molecule has 232 valence electrons. The molecular formula is C34H46FN5O3. The Bertz CT molecular complexity index is 1410. The van der Waals surface area contributed by atoms with Crippen LogP contribution in [0.25, 0.3) is 0 Å². The molecule has 0 saturated heterocycles. The highest BCUT2D eigenvalue weighted by Crippen LogP contribution is 2.38. The second-order valence-electron chi connectivity index (χ2n) is 9.67. The fourth-order valence-electron chi connectivity index (χ4n) is 3.78. The number of carbonyl (C=O) groups excluding carboxylic acids is 1. The van der Waals surface area contributed by atoms with Crippen molar-refractivity contribution < 1.29 is 19.0 Å². The quantitative estimate of drug-likeness (QED) is 0.0853. The topological polar surface area (TPSA) is 120 Å². The first kappa shape index (κ1) is 36.7. The Morgan fingerprint density at radius 1 is 1.12 bits per heavy atom. The molecule has 0 aliphatic heterocycles. The number of anilines is 4. The number of hydrogen-bond donors (Lipinski definition) is 4. The zero-order valence-corrected chi connectivity index (χ0v) is 26.9. The molecule has 1 aliphatic rings. The lowest BCUT2D eigenvalue weighted by Gasteiger charge is -2.19. The van der Waals surface area contributed by atoms with E-state index in [9.17, 15) is 14.3 Å². The molecule has 0 amide bonds. The number of aromatic nitrogens is 2. The van der Waals surface area contributed by atoms with Gasteiger partial charge in [0.1, 0.15) is 11.6 Å². The van der Waals surface area contributed by atoms with E-state index in [2.05, 4.69) is 26.5 Å². The summed E-state index contributed by atoms with van der Waals surface area (Å²) in [7, 11) is 1.53. The van der Waals surface area contributed by atoms with Crippen molar-refractivity contribution in [1.82, 2.24) is 9.97 Å². The molecule has 2 aromatic heterocycles. The SMILES string of the molecule is C#CCC.CC.CC.COc1c(Nc2cc(Nc3ccc(C(C)(C)O)c(F)n3)ncc2C(=O)C2CC2)cccc1C(C)=N. The molecule has 1 fully saturated rings. The minimum absolute atomic E-state index is 0.00334. The highest BCUT2D eigenvalue weighted by molar-refractivity contribution is 6.05. The summed E-state index contributed by atoms with van der Waals surface area (Å²) in [6.07, 6.45) is 8.81. The summed E-state index contributed by atoms with van der Waals surface area (Å²) in [5.74, 6) is 2.67. The van der Waals surface area contributed by atoms with E-state index in [1.165, 1.54) is 33.2 Å². The Morgan fingerprint density at radius 3 is 2.23 bits per heavy atom. The maximum atomic E-state index is 14.4. The number of terminal acetylenes is 1. The Kier molecular flexibility index (Phi) is 15.0. The molecule has 3 aromatic rings. The highest BCUT2D eigenvalue weighted by Gasteiger charge is 2.32. The zero-order chi connectivity index (χ0) is 32.7. The van der Waals surface area contributed by atoms with Crippen molar-refractivity contribution in [3.63, 3.8) is 0 Å². The molecule has 1 aromatic carbocycles. The first-order valence-corrected chi connectivity index (χ1v) is 14.6. The van der Waals surface area contributed by atoms with Gasteiger partial charge in [-0.05, 0) is 57.9 Å². The Morgan fingerprint density at radius 2 is 1.74 bits per heavy atom. The maximum absolute atomic E-state index is 14.4. The van der Waals surface area contributed by atoms with Crippen LogP contribution in [-0.2, 0) is 5.60 Å².